The van der Waals surface area contributed by atoms with Crippen LogP contribution in [0.3, 0.4) is 0 Å². The van der Waals surface area contributed by atoms with E-state index in [-0.39, 0.29) is 10.8 Å². The number of anilines is 2. The minimum absolute atomic E-state index is 0.0996. The van der Waals surface area contributed by atoms with Crippen LogP contribution in [0.2, 0.25) is 0 Å². The number of nitrogens with zero attached hydrogens (tertiary/aromatic N) is 2. The van der Waals surface area contributed by atoms with E-state index in [9.17, 15) is 13.2 Å². The maximum Gasteiger partial charge on any atom is 0.261 e. The molecule has 0 aliphatic carbocycles. The zero-order valence-corrected chi connectivity index (χ0v) is 17.6. The molecular formula is C23H20N4O3S. The van der Waals surface area contributed by atoms with E-state index in [4.69, 9.17) is 0 Å². The summed E-state index contributed by atoms with van der Waals surface area (Å²) in [6, 6.07) is 17.0. The smallest absolute Gasteiger partial charge is 0.261 e. The minimum Gasteiger partial charge on any atom is -0.326 e. The number of aliphatic imine (C=N–C) groups is 1. The quantitative estimate of drug-likeness (QED) is 0.620. The number of sulfonamides is 1. The van der Waals surface area contributed by atoms with Crippen molar-refractivity contribution in [3.63, 3.8) is 0 Å². The molecule has 1 aromatic heterocycles. The maximum atomic E-state index is 12.8. The highest BCUT2D eigenvalue weighted by Gasteiger charge is 2.18. The highest BCUT2D eigenvalue weighted by Crippen LogP contribution is 2.26. The lowest BCUT2D eigenvalue weighted by molar-refractivity contribution is -0.114. The van der Waals surface area contributed by atoms with Crippen LogP contribution in [-0.4, -0.2) is 31.6 Å². The first-order valence-electron chi connectivity index (χ1n) is 9.59. The van der Waals surface area contributed by atoms with Gasteiger partial charge in [0.05, 0.1) is 17.2 Å². The van der Waals surface area contributed by atoms with E-state index >= 15 is 0 Å². The average Bonchev–Trinajstić information content (AvgIpc) is 3.24. The molecule has 31 heavy (non-hydrogen) atoms. The number of pyridine rings is 1. The molecule has 0 unspecified atom stereocenters. The fourth-order valence-corrected chi connectivity index (χ4v) is 4.36. The van der Waals surface area contributed by atoms with Crippen molar-refractivity contribution in [1.29, 1.82) is 0 Å². The van der Waals surface area contributed by atoms with Crippen molar-refractivity contribution in [1.82, 2.24) is 4.98 Å². The summed E-state index contributed by atoms with van der Waals surface area (Å²) in [6.07, 6.45) is 5.50. The van der Waals surface area contributed by atoms with E-state index in [0.717, 1.165) is 22.4 Å². The number of carbonyl (C=O) groups excluding carboxylic acids is 1. The van der Waals surface area contributed by atoms with Gasteiger partial charge in [0.1, 0.15) is 0 Å². The number of allylic oxidation sites excluding steroid dienone is 1. The maximum absolute atomic E-state index is 12.8. The van der Waals surface area contributed by atoms with Gasteiger partial charge in [0, 0.05) is 41.8 Å². The number of aromatic nitrogens is 1. The fraction of sp³-hybridized carbons (Fsp3) is 0.0870. The molecule has 3 aromatic rings. The molecule has 8 heteroatoms. The third kappa shape index (κ3) is 4.70. The molecule has 0 atom stereocenters. The summed E-state index contributed by atoms with van der Waals surface area (Å²) in [6.45, 7) is 1.96. The first-order valence-corrected chi connectivity index (χ1v) is 11.1. The Morgan fingerprint density at radius 2 is 1.68 bits per heavy atom. The van der Waals surface area contributed by atoms with Crippen LogP contribution >= 0.6 is 0 Å². The first kappa shape index (κ1) is 20.5. The molecule has 1 aliphatic rings. The van der Waals surface area contributed by atoms with Crippen molar-refractivity contribution >= 4 is 38.6 Å². The zero-order valence-electron chi connectivity index (χ0n) is 16.7. The molecule has 1 amide bonds. The second-order valence-corrected chi connectivity index (χ2v) is 8.62. The van der Waals surface area contributed by atoms with Gasteiger partial charge in [-0.1, -0.05) is 18.2 Å². The largest absolute Gasteiger partial charge is 0.326 e. The standard InChI is InChI=1S/C23H20N4O3S/c1-16(28)26-19-5-7-21(8-6-19)31(29,30)27-20-4-2-3-18(15-20)23-22(11-14-25-23)17-9-12-24-13-10-17/h2-13,15,27H,14H2,1H3,(H,26,28). The summed E-state index contributed by atoms with van der Waals surface area (Å²) in [4.78, 5) is 19.9. The topological polar surface area (TPSA) is 101 Å². The number of hydrogen-bond donors (Lipinski definition) is 2. The molecule has 7 nitrogen and oxygen atoms in total. The van der Waals surface area contributed by atoms with Crippen LogP contribution in [0.4, 0.5) is 11.4 Å². The van der Waals surface area contributed by atoms with Crippen molar-refractivity contribution in [2.45, 2.75) is 11.8 Å². The molecule has 0 radical (unpaired) electrons. The molecule has 156 valence electrons. The lowest BCUT2D eigenvalue weighted by Gasteiger charge is -2.12. The van der Waals surface area contributed by atoms with Crippen LogP contribution in [0.25, 0.3) is 5.57 Å². The van der Waals surface area contributed by atoms with Gasteiger partial charge in [-0.2, -0.15) is 0 Å². The Morgan fingerprint density at radius 1 is 0.935 bits per heavy atom. The van der Waals surface area contributed by atoms with E-state index in [1.165, 1.54) is 19.1 Å². The van der Waals surface area contributed by atoms with Crippen LogP contribution in [0.1, 0.15) is 18.1 Å². The molecule has 0 spiro atoms. The van der Waals surface area contributed by atoms with Crippen molar-refractivity contribution < 1.29 is 13.2 Å². The predicted octanol–water partition coefficient (Wildman–Crippen LogP) is 3.73. The van der Waals surface area contributed by atoms with E-state index in [2.05, 4.69) is 20.0 Å². The number of rotatable bonds is 6. The Balaban J connectivity index is 1.56. The van der Waals surface area contributed by atoms with E-state index in [1.807, 2.05) is 24.3 Å². The number of nitrogens with one attached hydrogen (secondary N) is 2. The van der Waals surface area contributed by atoms with Gasteiger partial charge in [-0.3, -0.25) is 19.5 Å². The Labute approximate surface area is 180 Å². The number of benzene rings is 2. The second-order valence-electron chi connectivity index (χ2n) is 6.93. The first-order chi connectivity index (χ1) is 14.9. The fourth-order valence-electron chi connectivity index (χ4n) is 3.31. The molecule has 2 N–H and O–H groups in total. The second kappa shape index (κ2) is 8.53. The van der Waals surface area contributed by atoms with Gasteiger partial charge >= 0.3 is 0 Å². The molecule has 0 fully saturated rings. The lowest BCUT2D eigenvalue weighted by atomic mass is 9.97. The number of amides is 1. The summed E-state index contributed by atoms with van der Waals surface area (Å²) in [7, 11) is -3.79. The van der Waals surface area contributed by atoms with Crippen LogP contribution in [0.5, 0.6) is 0 Å². The molecular weight excluding hydrogens is 412 g/mol. The summed E-state index contributed by atoms with van der Waals surface area (Å²) in [5.41, 5.74) is 4.61. The highest BCUT2D eigenvalue weighted by molar-refractivity contribution is 7.92. The van der Waals surface area contributed by atoms with Crippen molar-refractivity contribution in [2.75, 3.05) is 16.6 Å². The van der Waals surface area contributed by atoms with E-state index in [0.29, 0.717) is 17.9 Å². The van der Waals surface area contributed by atoms with E-state index in [1.54, 1.807) is 42.7 Å². The van der Waals surface area contributed by atoms with Gasteiger partial charge in [0.15, 0.2) is 0 Å². The predicted molar refractivity (Wildman–Crippen MR) is 122 cm³/mol. The molecule has 2 aromatic carbocycles. The average molecular weight is 433 g/mol. The molecule has 1 aliphatic heterocycles. The summed E-state index contributed by atoms with van der Waals surface area (Å²) in [5, 5.41) is 2.61. The monoisotopic (exact) mass is 432 g/mol. The summed E-state index contributed by atoms with van der Waals surface area (Å²) >= 11 is 0. The molecule has 0 saturated carbocycles. The minimum atomic E-state index is -3.79. The molecule has 4 rings (SSSR count). The van der Waals surface area contributed by atoms with Crippen LogP contribution in [0, 0.1) is 0 Å². The third-order valence-corrected chi connectivity index (χ3v) is 6.06. The highest BCUT2D eigenvalue weighted by atomic mass is 32.2. The van der Waals surface area contributed by atoms with Gasteiger partial charge in [0.2, 0.25) is 5.91 Å². The van der Waals surface area contributed by atoms with Crippen molar-refractivity contribution in [2.24, 2.45) is 4.99 Å². The molecule has 2 heterocycles. The summed E-state index contributed by atoms with van der Waals surface area (Å²) in [5.74, 6) is -0.222. The van der Waals surface area contributed by atoms with Crippen LogP contribution < -0.4 is 10.0 Å². The Bertz CT molecular complexity index is 1280. The van der Waals surface area contributed by atoms with Crippen LogP contribution in [0.15, 0.2) is 89.0 Å². The Kier molecular flexibility index (Phi) is 5.64. The van der Waals surface area contributed by atoms with Gasteiger partial charge in [-0.15, -0.1) is 0 Å². The number of carbonyl (C=O) groups is 1. The zero-order chi connectivity index (χ0) is 21.8. The van der Waals surface area contributed by atoms with Crippen molar-refractivity contribution in [3.05, 3.63) is 90.3 Å². The van der Waals surface area contributed by atoms with E-state index < -0.39 is 10.0 Å². The molecule has 0 bridgehead atoms. The number of hydrogen-bond acceptors (Lipinski definition) is 5. The van der Waals surface area contributed by atoms with Crippen LogP contribution in [-0.2, 0) is 14.8 Å². The summed E-state index contributed by atoms with van der Waals surface area (Å²) < 4.78 is 28.2. The third-order valence-electron chi connectivity index (χ3n) is 4.66. The van der Waals surface area contributed by atoms with Gasteiger partial charge < -0.3 is 5.32 Å². The normalized spacial score (nSPS) is 13.3. The lowest BCUT2D eigenvalue weighted by Crippen LogP contribution is -2.14. The van der Waals surface area contributed by atoms with Gasteiger partial charge in [0.25, 0.3) is 10.0 Å². The van der Waals surface area contributed by atoms with Crippen molar-refractivity contribution in [3.8, 4) is 0 Å². The van der Waals surface area contributed by atoms with Gasteiger partial charge in [-0.05, 0) is 54.1 Å². The molecule has 0 saturated heterocycles. The SMILES string of the molecule is CC(=O)Nc1ccc(S(=O)(=O)Nc2cccc(C3=NCC=C3c3ccncc3)c2)cc1. The Hall–Kier alpha value is -3.78. The Morgan fingerprint density at radius 3 is 2.39 bits per heavy atom. The van der Waals surface area contributed by atoms with Gasteiger partial charge in [-0.25, -0.2) is 8.42 Å².